The number of ketones is 2. The number of rotatable bonds is 19. The van der Waals surface area contributed by atoms with Crippen LogP contribution in [0.15, 0.2) is 24.0 Å². The Morgan fingerprint density at radius 1 is 1.04 bits per heavy atom. The molecular weight excluding hydrogens is 690 g/mol. The second-order valence-corrected chi connectivity index (χ2v) is 15.4. The van der Waals surface area contributed by atoms with Gasteiger partial charge in [0.2, 0.25) is 0 Å². The van der Waals surface area contributed by atoms with E-state index in [0.717, 1.165) is 30.6 Å². The van der Waals surface area contributed by atoms with E-state index >= 15 is 0 Å². The Morgan fingerprint density at radius 2 is 1.72 bits per heavy atom. The van der Waals surface area contributed by atoms with Gasteiger partial charge in [-0.1, -0.05) is 26.8 Å². The molecule has 6 atom stereocenters. The van der Waals surface area contributed by atoms with Gasteiger partial charge in [-0.25, -0.2) is 4.79 Å². The van der Waals surface area contributed by atoms with Gasteiger partial charge in [0, 0.05) is 24.8 Å². The first-order chi connectivity index (χ1) is 25.1. The Labute approximate surface area is 312 Å². The van der Waals surface area contributed by atoms with E-state index in [4.69, 9.17) is 18.9 Å². The highest BCUT2D eigenvalue weighted by Gasteiger charge is 2.51. The summed E-state index contributed by atoms with van der Waals surface area (Å²) in [6.07, 6.45) is 9.65. The molecule has 14 heteroatoms. The smallest absolute Gasteiger partial charge is 0.329 e. The second kappa shape index (κ2) is 20.3. The summed E-state index contributed by atoms with van der Waals surface area (Å²) in [7, 11) is 0. The number of esters is 2. The Balaban J connectivity index is 1.65. The van der Waals surface area contributed by atoms with Crippen molar-refractivity contribution in [2.45, 2.75) is 123 Å². The van der Waals surface area contributed by atoms with E-state index in [2.05, 4.69) is 0 Å². The minimum atomic E-state index is -2.34. The molecule has 0 radical (unpaired) electrons. The van der Waals surface area contributed by atoms with E-state index in [0.29, 0.717) is 37.5 Å². The molecule has 2 fully saturated rings. The van der Waals surface area contributed by atoms with Crippen molar-refractivity contribution in [3.63, 3.8) is 0 Å². The summed E-state index contributed by atoms with van der Waals surface area (Å²) in [5.74, 6) is -7.41. The van der Waals surface area contributed by atoms with Gasteiger partial charge in [0.1, 0.15) is 36.2 Å². The molecular formula is C39H59NO13. The van der Waals surface area contributed by atoms with Crippen molar-refractivity contribution in [3.8, 4) is 0 Å². The number of hydrogen-bond acceptors (Lipinski definition) is 13. The zero-order chi connectivity index (χ0) is 39.3. The number of piperidine rings is 1. The largest absolute Gasteiger partial charge is 0.463 e. The average Bonchev–Trinajstić information content (AvgIpc) is 3.16. The van der Waals surface area contributed by atoms with Crippen molar-refractivity contribution in [1.82, 2.24) is 4.90 Å². The van der Waals surface area contributed by atoms with Crippen LogP contribution < -0.4 is 0 Å². The van der Waals surface area contributed by atoms with Crippen LogP contribution in [-0.2, 0) is 47.7 Å². The average molecular weight is 750 g/mol. The quantitative estimate of drug-likeness (QED) is 0.0572. The number of aliphatic hydroxyl groups is 3. The molecule has 53 heavy (non-hydrogen) atoms. The maximum absolute atomic E-state index is 13.9. The second-order valence-electron chi connectivity index (χ2n) is 15.4. The SMILES string of the molecule is C/C(C=O)=C\[C@@H](C)C(=O)C[C@H](OC(=O)[C@@H]1CCCCN1C(=O)C(=O)[C@]1(O)OC=CC[C@H]1C)[C@H](C)C[C@H]1CC[C@H](OCCOC(=O)C(C)(CO)CO)CC1. The highest BCUT2D eigenvalue weighted by molar-refractivity contribution is 6.39. The van der Waals surface area contributed by atoms with Crippen LogP contribution in [0.3, 0.4) is 0 Å². The normalized spacial score (nSPS) is 26.8. The Hall–Kier alpha value is -3.46. The van der Waals surface area contributed by atoms with Crippen LogP contribution in [0.4, 0.5) is 0 Å². The maximum atomic E-state index is 13.9. The first-order valence-corrected chi connectivity index (χ1v) is 18.9. The number of aliphatic hydroxyl groups excluding tert-OH is 2. The number of amides is 1. The van der Waals surface area contributed by atoms with E-state index in [1.165, 1.54) is 13.2 Å². The lowest BCUT2D eigenvalue weighted by molar-refractivity contribution is -0.210. The number of Topliss-reactive ketones (excluding diaryl/α,β-unsaturated/α-hetero) is 2. The minimum Gasteiger partial charge on any atom is -0.463 e. The van der Waals surface area contributed by atoms with E-state index in [1.807, 2.05) is 6.92 Å². The highest BCUT2D eigenvalue weighted by Crippen LogP contribution is 2.34. The van der Waals surface area contributed by atoms with Gasteiger partial charge in [-0.2, -0.15) is 0 Å². The van der Waals surface area contributed by atoms with Crippen LogP contribution in [-0.4, -0.2) is 113 Å². The number of allylic oxidation sites excluding steroid dienone is 3. The third-order valence-corrected chi connectivity index (χ3v) is 10.9. The van der Waals surface area contributed by atoms with Crippen LogP contribution in [0.2, 0.25) is 0 Å². The van der Waals surface area contributed by atoms with Crippen molar-refractivity contribution in [2.24, 2.45) is 29.1 Å². The molecule has 0 unspecified atom stereocenters. The van der Waals surface area contributed by atoms with Gasteiger partial charge >= 0.3 is 11.9 Å². The fourth-order valence-corrected chi connectivity index (χ4v) is 7.08. The molecule has 3 rings (SSSR count). The van der Waals surface area contributed by atoms with Gasteiger partial charge in [-0.05, 0) is 95.1 Å². The minimum absolute atomic E-state index is 0.00422. The molecule has 1 amide bonds. The fraction of sp³-hybridized carbons (Fsp3) is 0.744. The summed E-state index contributed by atoms with van der Waals surface area (Å²) in [5, 5.41) is 29.7. The van der Waals surface area contributed by atoms with Crippen molar-refractivity contribution >= 4 is 35.7 Å². The number of ether oxygens (including phenoxy) is 4. The standard InChI is InChI=1S/C39H59NO13/c1-25(22-41)19-26(2)32(44)21-33(27(3)20-29-11-13-30(14-12-29)50-17-18-51-37(48)38(5,23-42)24-43)53-36(47)31-10-6-7-15-40(31)35(46)34(45)39(49)28(4)9-8-16-52-39/h8,16,19,22,26-31,33,42-43,49H,6-7,9-15,17-18,20-21,23-24H2,1-5H3/b25-19+/t26-,27-,28-,29-,30-,31+,33+,39-/m1/s1. The topological polar surface area (TPSA) is 203 Å². The van der Waals surface area contributed by atoms with Crippen LogP contribution in [0.5, 0.6) is 0 Å². The molecule has 2 aliphatic heterocycles. The molecule has 14 nitrogen and oxygen atoms in total. The summed E-state index contributed by atoms with van der Waals surface area (Å²) in [4.78, 5) is 78.6. The zero-order valence-electron chi connectivity index (χ0n) is 31.8. The molecule has 2 heterocycles. The monoisotopic (exact) mass is 749 g/mol. The number of aldehydes is 1. The predicted molar refractivity (Wildman–Crippen MR) is 191 cm³/mol. The molecule has 298 valence electrons. The van der Waals surface area contributed by atoms with Gasteiger partial charge in [0.25, 0.3) is 17.5 Å². The molecule has 0 aromatic heterocycles. The Bertz CT molecular complexity index is 1350. The van der Waals surface area contributed by atoms with Crippen molar-refractivity contribution < 1.29 is 63.0 Å². The van der Waals surface area contributed by atoms with Crippen LogP contribution in [0.25, 0.3) is 0 Å². The van der Waals surface area contributed by atoms with Crippen molar-refractivity contribution in [1.29, 1.82) is 0 Å². The highest BCUT2D eigenvalue weighted by atomic mass is 16.6. The number of carbonyl (C=O) groups is 6. The van der Waals surface area contributed by atoms with Crippen LogP contribution in [0.1, 0.15) is 98.8 Å². The lowest BCUT2D eigenvalue weighted by Gasteiger charge is -2.38. The maximum Gasteiger partial charge on any atom is 0.329 e. The molecule has 3 aliphatic rings. The molecule has 3 N–H and O–H groups in total. The van der Waals surface area contributed by atoms with E-state index in [-0.39, 0.29) is 56.3 Å². The molecule has 1 saturated heterocycles. The molecule has 0 aromatic rings. The predicted octanol–water partition coefficient (Wildman–Crippen LogP) is 2.98. The third-order valence-electron chi connectivity index (χ3n) is 10.9. The van der Waals surface area contributed by atoms with E-state index in [1.54, 1.807) is 32.9 Å². The van der Waals surface area contributed by atoms with Crippen LogP contribution in [0, 0.1) is 29.1 Å². The summed E-state index contributed by atoms with van der Waals surface area (Å²) in [6.45, 7) is 7.45. The molecule has 0 spiro atoms. The first-order valence-electron chi connectivity index (χ1n) is 18.9. The summed E-state index contributed by atoms with van der Waals surface area (Å²) >= 11 is 0. The van der Waals surface area contributed by atoms with Crippen molar-refractivity contribution in [2.75, 3.05) is 33.0 Å². The first kappa shape index (κ1) is 43.9. The van der Waals surface area contributed by atoms with Crippen LogP contribution >= 0.6 is 0 Å². The lowest BCUT2D eigenvalue weighted by atomic mass is 9.79. The molecule has 1 aliphatic carbocycles. The molecule has 1 saturated carbocycles. The lowest BCUT2D eigenvalue weighted by Crippen LogP contribution is -2.58. The van der Waals surface area contributed by atoms with E-state index < -0.39 is 72.0 Å². The number of hydrogen-bond donors (Lipinski definition) is 3. The zero-order valence-corrected chi connectivity index (χ0v) is 31.8. The van der Waals surface area contributed by atoms with Gasteiger partial charge in [-0.3, -0.25) is 24.0 Å². The fourth-order valence-electron chi connectivity index (χ4n) is 7.08. The van der Waals surface area contributed by atoms with Gasteiger partial charge in [0.05, 0.1) is 32.2 Å². The van der Waals surface area contributed by atoms with Gasteiger partial charge in [0.15, 0.2) is 0 Å². The third kappa shape index (κ3) is 11.8. The van der Waals surface area contributed by atoms with Gasteiger partial charge < -0.3 is 39.2 Å². The number of carbonyl (C=O) groups excluding carboxylic acids is 6. The Morgan fingerprint density at radius 3 is 2.34 bits per heavy atom. The summed E-state index contributed by atoms with van der Waals surface area (Å²) < 4.78 is 22.4. The summed E-state index contributed by atoms with van der Waals surface area (Å²) in [5.41, 5.74) is -0.960. The molecule has 0 aromatic carbocycles. The number of nitrogens with zero attached hydrogens (tertiary/aromatic N) is 1. The molecule has 0 bridgehead atoms. The summed E-state index contributed by atoms with van der Waals surface area (Å²) in [6, 6.07) is -1.08. The number of likely N-dealkylation sites (tertiary alicyclic amines) is 1. The van der Waals surface area contributed by atoms with Crippen molar-refractivity contribution in [3.05, 3.63) is 24.0 Å². The van der Waals surface area contributed by atoms with E-state index in [9.17, 15) is 44.1 Å². The van der Waals surface area contributed by atoms with Gasteiger partial charge in [-0.15, -0.1) is 0 Å². The Kier molecular flexibility index (Phi) is 16.8.